The predicted octanol–water partition coefficient (Wildman–Crippen LogP) is 1.20. The lowest BCUT2D eigenvalue weighted by molar-refractivity contribution is -0.138. The second-order valence-corrected chi connectivity index (χ2v) is 7.58. The number of benzene rings is 1. The zero-order valence-electron chi connectivity index (χ0n) is 13.2. The second kappa shape index (κ2) is 7.27. The molecule has 1 amide bonds. The Labute approximate surface area is 139 Å². The zero-order valence-corrected chi connectivity index (χ0v) is 14.0. The fourth-order valence-electron chi connectivity index (χ4n) is 2.43. The molecule has 7 nitrogen and oxygen atoms in total. The van der Waals surface area contributed by atoms with E-state index in [1.165, 1.54) is 11.2 Å². The van der Waals surface area contributed by atoms with Crippen molar-refractivity contribution in [2.24, 2.45) is 0 Å². The summed E-state index contributed by atoms with van der Waals surface area (Å²) in [4.78, 5) is 22.6. The first-order valence-electron chi connectivity index (χ1n) is 7.57. The summed E-state index contributed by atoms with van der Waals surface area (Å²) in [5.74, 6) is -3.17. The van der Waals surface area contributed by atoms with Gasteiger partial charge in [0.25, 0.3) is 5.91 Å². The maximum atomic E-state index is 13.9. The zero-order chi connectivity index (χ0) is 17.9. The molecule has 1 atom stereocenters. The van der Waals surface area contributed by atoms with E-state index in [2.05, 4.69) is 5.32 Å². The highest BCUT2D eigenvalue weighted by molar-refractivity contribution is 7.89. The Hall–Kier alpha value is -2.00. The summed E-state index contributed by atoms with van der Waals surface area (Å²) in [6.45, 7) is 2.00. The van der Waals surface area contributed by atoms with Gasteiger partial charge >= 0.3 is 5.97 Å². The Balaban J connectivity index is 2.31. The maximum Gasteiger partial charge on any atom is 0.325 e. The average Bonchev–Trinajstić information content (AvgIpc) is 2.55. The summed E-state index contributed by atoms with van der Waals surface area (Å²) in [6.07, 6.45) is 2.46. The summed E-state index contributed by atoms with van der Waals surface area (Å²) in [5, 5.41) is 10.9. The van der Waals surface area contributed by atoms with Crippen LogP contribution < -0.4 is 5.32 Å². The topological polar surface area (TPSA) is 104 Å². The number of hydrogen-bond acceptors (Lipinski definition) is 4. The molecule has 0 aliphatic carbocycles. The second-order valence-electron chi connectivity index (χ2n) is 5.64. The Morgan fingerprint density at radius 3 is 2.46 bits per heavy atom. The third kappa shape index (κ3) is 3.90. The third-order valence-electron chi connectivity index (χ3n) is 3.85. The Morgan fingerprint density at radius 1 is 1.25 bits per heavy atom. The van der Waals surface area contributed by atoms with Gasteiger partial charge in [0.15, 0.2) is 0 Å². The van der Waals surface area contributed by atoms with E-state index in [-0.39, 0.29) is 4.90 Å². The number of rotatable bonds is 5. The summed E-state index contributed by atoms with van der Waals surface area (Å²) >= 11 is 0. The van der Waals surface area contributed by atoms with Gasteiger partial charge in [-0.15, -0.1) is 0 Å². The first kappa shape index (κ1) is 18.3. The molecule has 1 heterocycles. The van der Waals surface area contributed by atoms with Crippen LogP contribution in [-0.4, -0.2) is 48.8 Å². The van der Waals surface area contributed by atoms with Gasteiger partial charge in [-0.2, -0.15) is 4.31 Å². The number of carbonyl (C=O) groups is 2. The van der Waals surface area contributed by atoms with E-state index in [1.807, 2.05) is 0 Å². The van der Waals surface area contributed by atoms with Crippen LogP contribution in [0.2, 0.25) is 0 Å². The van der Waals surface area contributed by atoms with Crippen molar-refractivity contribution in [2.45, 2.75) is 37.1 Å². The number of carbonyl (C=O) groups excluding carboxylic acids is 1. The van der Waals surface area contributed by atoms with Crippen molar-refractivity contribution in [3.05, 3.63) is 29.6 Å². The SMILES string of the molecule is C[C@H](NC(=O)c1cc(S(=O)(=O)N2CCCCC2)ccc1F)C(=O)O. The van der Waals surface area contributed by atoms with Gasteiger partial charge in [0.05, 0.1) is 10.5 Å². The number of amides is 1. The minimum absolute atomic E-state index is 0.182. The van der Waals surface area contributed by atoms with E-state index in [9.17, 15) is 22.4 Å². The molecule has 24 heavy (non-hydrogen) atoms. The lowest BCUT2D eigenvalue weighted by Gasteiger charge is -2.26. The molecule has 1 aliphatic heterocycles. The predicted molar refractivity (Wildman–Crippen MR) is 83.6 cm³/mol. The fraction of sp³-hybridized carbons (Fsp3) is 0.467. The molecule has 9 heteroatoms. The standard InChI is InChI=1S/C15H19FN2O5S/c1-10(15(20)21)17-14(19)12-9-11(5-6-13(12)16)24(22,23)18-7-3-2-4-8-18/h5-6,9-10H,2-4,7-8H2,1H3,(H,17,19)(H,20,21)/t10-/m0/s1. The molecular formula is C15H19FN2O5S. The summed E-state index contributed by atoms with van der Waals surface area (Å²) < 4.78 is 40.4. The van der Waals surface area contributed by atoms with E-state index in [0.29, 0.717) is 13.1 Å². The van der Waals surface area contributed by atoms with E-state index < -0.39 is 39.3 Å². The molecule has 0 radical (unpaired) electrons. The van der Waals surface area contributed by atoms with Gasteiger partial charge in [0.1, 0.15) is 11.9 Å². The van der Waals surface area contributed by atoms with Crippen molar-refractivity contribution in [3.8, 4) is 0 Å². The van der Waals surface area contributed by atoms with E-state index in [4.69, 9.17) is 5.11 Å². The van der Waals surface area contributed by atoms with E-state index in [0.717, 1.165) is 37.5 Å². The highest BCUT2D eigenvalue weighted by Crippen LogP contribution is 2.22. The molecule has 0 unspecified atom stereocenters. The summed E-state index contributed by atoms with van der Waals surface area (Å²) in [7, 11) is -3.81. The van der Waals surface area contributed by atoms with Crippen molar-refractivity contribution < 1.29 is 27.5 Å². The van der Waals surface area contributed by atoms with Crippen molar-refractivity contribution in [1.82, 2.24) is 9.62 Å². The van der Waals surface area contributed by atoms with Gasteiger partial charge in [0, 0.05) is 13.1 Å². The van der Waals surface area contributed by atoms with E-state index >= 15 is 0 Å². The van der Waals surface area contributed by atoms with Gasteiger partial charge in [-0.3, -0.25) is 9.59 Å². The lowest BCUT2D eigenvalue weighted by atomic mass is 10.2. The van der Waals surface area contributed by atoms with E-state index in [1.54, 1.807) is 0 Å². The molecule has 0 aromatic heterocycles. The van der Waals surface area contributed by atoms with Crippen LogP contribution in [0.4, 0.5) is 4.39 Å². The minimum atomic E-state index is -3.81. The van der Waals surface area contributed by atoms with Crippen molar-refractivity contribution in [2.75, 3.05) is 13.1 Å². The van der Waals surface area contributed by atoms with Crippen LogP contribution in [0.15, 0.2) is 23.1 Å². The monoisotopic (exact) mass is 358 g/mol. The molecule has 1 fully saturated rings. The number of halogens is 1. The number of nitrogens with one attached hydrogen (secondary N) is 1. The van der Waals surface area contributed by atoms with Crippen LogP contribution in [0.3, 0.4) is 0 Å². The molecule has 1 aromatic carbocycles. The number of nitrogens with zero attached hydrogens (tertiary/aromatic N) is 1. The van der Waals surface area contributed by atoms with Gasteiger partial charge in [0.2, 0.25) is 10.0 Å². The molecule has 1 aliphatic rings. The van der Waals surface area contributed by atoms with Crippen molar-refractivity contribution >= 4 is 21.9 Å². The smallest absolute Gasteiger partial charge is 0.325 e. The molecule has 0 saturated carbocycles. The van der Waals surface area contributed by atoms with Crippen molar-refractivity contribution in [3.63, 3.8) is 0 Å². The number of piperidine rings is 1. The highest BCUT2D eigenvalue weighted by atomic mass is 32.2. The Morgan fingerprint density at radius 2 is 1.88 bits per heavy atom. The van der Waals surface area contributed by atoms with Gasteiger partial charge < -0.3 is 10.4 Å². The normalized spacial score (nSPS) is 17.2. The first-order valence-corrected chi connectivity index (χ1v) is 9.01. The Kier molecular flexibility index (Phi) is 5.55. The van der Waals surface area contributed by atoms with Crippen molar-refractivity contribution in [1.29, 1.82) is 0 Å². The van der Waals surface area contributed by atoms with Crippen LogP contribution in [-0.2, 0) is 14.8 Å². The highest BCUT2D eigenvalue weighted by Gasteiger charge is 2.28. The number of carboxylic acid groups (broad SMARTS) is 1. The number of carboxylic acids is 1. The van der Waals surface area contributed by atoms with Crippen LogP contribution in [0.5, 0.6) is 0 Å². The van der Waals surface area contributed by atoms with Gasteiger partial charge in [-0.05, 0) is 38.0 Å². The summed E-state index contributed by atoms with van der Waals surface area (Å²) in [6, 6.07) is 1.73. The number of hydrogen-bond donors (Lipinski definition) is 2. The molecule has 0 spiro atoms. The largest absolute Gasteiger partial charge is 0.480 e. The first-order chi connectivity index (χ1) is 11.2. The molecule has 132 valence electrons. The molecular weight excluding hydrogens is 339 g/mol. The number of sulfonamides is 1. The van der Waals surface area contributed by atoms with Gasteiger partial charge in [-0.25, -0.2) is 12.8 Å². The molecule has 0 bridgehead atoms. The molecule has 1 aromatic rings. The average molecular weight is 358 g/mol. The van der Waals surface area contributed by atoms with Crippen LogP contribution in [0.1, 0.15) is 36.5 Å². The fourth-order valence-corrected chi connectivity index (χ4v) is 3.97. The van der Waals surface area contributed by atoms with Crippen LogP contribution in [0.25, 0.3) is 0 Å². The van der Waals surface area contributed by atoms with Crippen LogP contribution in [0, 0.1) is 5.82 Å². The third-order valence-corrected chi connectivity index (χ3v) is 5.75. The quantitative estimate of drug-likeness (QED) is 0.823. The summed E-state index contributed by atoms with van der Waals surface area (Å²) in [5.41, 5.74) is -0.499. The molecule has 1 saturated heterocycles. The molecule has 2 N–H and O–H groups in total. The maximum absolute atomic E-state index is 13.9. The lowest BCUT2D eigenvalue weighted by Crippen LogP contribution is -2.39. The molecule has 2 rings (SSSR count). The van der Waals surface area contributed by atoms with Crippen LogP contribution >= 0.6 is 0 Å². The van der Waals surface area contributed by atoms with Gasteiger partial charge in [-0.1, -0.05) is 6.42 Å². The number of aliphatic carboxylic acids is 1. The Bertz CT molecular complexity index is 744. The minimum Gasteiger partial charge on any atom is -0.480 e.